The van der Waals surface area contributed by atoms with Crippen molar-refractivity contribution in [2.24, 2.45) is 0 Å². The number of rotatable bonds is 5. The fraction of sp³-hybridized carbons (Fsp3) is 0.235. The van der Waals surface area contributed by atoms with E-state index in [1.54, 1.807) is 18.2 Å². The molecule has 2 aromatic rings. The molecule has 21 heavy (non-hydrogen) atoms. The van der Waals surface area contributed by atoms with Crippen LogP contribution < -0.4 is 10.6 Å². The van der Waals surface area contributed by atoms with Crippen molar-refractivity contribution in [2.45, 2.75) is 19.9 Å². The highest BCUT2D eigenvalue weighted by molar-refractivity contribution is 5.92. The van der Waals surface area contributed by atoms with Crippen LogP contribution in [-0.4, -0.2) is 12.5 Å². The second-order valence-corrected chi connectivity index (χ2v) is 4.99. The van der Waals surface area contributed by atoms with Crippen LogP contribution in [0.25, 0.3) is 0 Å². The zero-order valence-corrected chi connectivity index (χ0v) is 12.2. The van der Waals surface area contributed by atoms with E-state index >= 15 is 0 Å². The molecule has 0 aliphatic heterocycles. The van der Waals surface area contributed by atoms with Gasteiger partial charge in [-0.05, 0) is 31.5 Å². The molecule has 0 fully saturated rings. The molecule has 0 aromatic heterocycles. The summed E-state index contributed by atoms with van der Waals surface area (Å²) in [6.07, 6.45) is 0. The number of para-hydroxylation sites is 1. The van der Waals surface area contributed by atoms with Gasteiger partial charge in [0.15, 0.2) is 0 Å². The number of nitrogens with one attached hydrogen (secondary N) is 2. The first-order valence-electron chi connectivity index (χ1n) is 6.91. The van der Waals surface area contributed by atoms with Gasteiger partial charge in [0, 0.05) is 17.3 Å². The van der Waals surface area contributed by atoms with E-state index in [2.05, 4.69) is 10.6 Å². The van der Waals surface area contributed by atoms with E-state index in [0.717, 1.165) is 11.3 Å². The Kier molecular flexibility index (Phi) is 5.06. The van der Waals surface area contributed by atoms with Crippen LogP contribution in [0.4, 0.5) is 10.1 Å². The lowest BCUT2D eigenvalue weighted by atomic mass is 10.1. The highest BCUT2D eigenvalue weighted by Crippen LogP contribution is 2.16. The van der Waals surface area contributed by atoms with Gasteiger partial charge in [-0.2, -0.15) is 0 Å². The zero-order valence-electron chi connectivity index (χ0n) is 12.2. The number of hydrogen-bond donors (Lipinski definition) is 2. The van der Waals surface area contributed by atoms with Crippen LogP contribution in [0.2, 0.25) is 0 Å². The quantitative estimate of drug-likeness (QED) is 0.884. The van der Waals surface area contributed by atoms with Crippen molar-refractivity contribution in [1.29, 1.82) is 0 Å². The van der Waals surface area contributed by atoms with Crippen LogP contribution in [0.5, 0.6) is 0 Å². The van der Waals surface area contributed by atoms with Gasteiger partial charge in [0.1, 0.15) is 5.82 Å². The summed E-state index contributed by atoms with van der Waals surface area (Å²) >= 11 is 0. The average Bonchev–Trinajstić information content (AvgIpc) is 2.48. The summed E-state index contributed by atoms with van der Waals surface area (Å²) in [7, 11) is 0. The number of hydrogen-bond acceptors (Lipinski definition) is 2. The highest BCUT2D eigenvalue weighted by atomic mass is 19.1. The lowest BCUT2D eigenvalue weighted by Crippen LogP contribution is -2.30. The maximum absolute atomic E-state index is 13.6. The van der Waals surface area contributed by atoms with Crippen molar-refractivity contribution in [2.75, 3.05) is 11.9 Å². The molecule has 0 heterocycles. The summed E-state index contributed by atoms with van der Waals surface area (Å²) in [5, 5.41) is 5.86. The number of benzene rings is 2. The van der Waals surface area contributed by atoms with Gasteiger partial charge < -0.3 is 10.6 Å². The van der Waals surface area contributed by atoms with Gasteiger partial charge in [-0.3, -0.25) is 4.79 Å². The highest BCUT2D eigenvalue weighted by Gasteiger charge is 2.11. The average molecular weight is 286 g/mol. The first-order chi connectivity index (χ1) is 10.1. The molecule has 2 aromatic carbocycles. The Morgan fingerprint density at radius 1 is 1.14 bits per heavy atom. The summed E-state index contributed by atoms with van der Waals surface area (Å²) in [6.45, 7) is 3.90. The number of anilines is 1. The van der Waals surface area contributed by atoms with Crippen molar-refractivity contribution in [3.05, 3.63) is 65.5 Å². The molecule has 1 amide bonds. The van der Waals surface area contributed by atoms with Gasteiger partial charge in [0.25, 0.3) is 0 Å². The van der Waals surface area contributed by atoms with E-state index in [-0.39, 0.29) is 24.3 Å². The minimum absolute atomic E-state index is 0.129. The summed E-state index contributed by atoms with van der Waals surface area (Å²) < 4.78 is 13.6. The molecule has 0 saturated carbocycles. The first kappa shape index (κ1) is 15.2. The monoisotopic (exact) mass is 286 g/mol. The molecule has 1 unspecified atom stereocenters. The largest absolute Gasteiger partial charge is 0.325 e. The summed E-state index contributed by atoms with van der Waals surface area (Å²) in [4.78, 5) is 11.9. The third-order valence-corrected chi connectivity index (χ3v) is 3.36. The molecule has 0 saturated heterocycles. The fourth-order valence-electron chi connectivity index (χ4n) is 2.09. The van der Waals surface area contributed by atoms with Crippen molar-refractivity contribution >= 4 is 11.6 Å². The Bertz CT molecular complexity index is 628. The molecule has 0 bridgehead atoms. The van der Waals surface area contributed by atoms with E-state index in [0.29, 0.717) is 5.56 Å². The summed E-state index contributed by atoms with van der Waals surface area (Å²) in [5.74, 6) is -0.413. The molecule has 0 spiro atoms. The third-order valence-electron chi connectivity index (χ3n) is 3.36. The molecule has 1 atom stereocenters. The third kappa shape index (κ3) is 4.13. The van der Waals surface area contributed by atoms with Crippen molar-refractivity contribution in [3.8, 4) is 0 Å². The Balaban J connectivity index is 1.90. The molecular formula is C17H19FN2O. The van der Waals surface area contributed by atoms with Crippen molar-refractivity contribution in [1.82, 2.24) is 5.32 Å². The van der Waals surface area contributed by atoms with E-state index in [9.17, 15) is 9.18 Å². The van der Waals surface area contributed by atoms with E-state index in [4.69, 9.17) is 0 Å². The van der Waals surface area contributed by atoms with E-state index in [1.807, 2.05) is 38.1 Å². The second kappa shape index (κ2) is 6.99. The SMILES string of the molecule is Cc1ccccc1NC(=O)CNC(C)c1ccccc1F. The minimum Gasteiger partial charge on any atom is -0.325 e. The number of aryl methyl sites for hydroxylation is 1. The van der Waals surface area contributed by atoms with Gasteiger partial charge >= 0.3 is 0 Å². The van der Waals surface area contributed by atoms with Crippen LogP contribution >= 0.6 is 0 Å². The van der Waals surface area contributed by atoms with Crippen LogP contribution in [0.1, 0.15) is 24.1 Å². The van der Waals surface area contributed by atoms with Gasteiger partial charge in [0.05, 0.1) is 6.54 Å². The van der Waals surface area contributed by atoms with Crippen LogP contribution in [0.3, 0.4) is 0 Å². The van der Waals surface area contributed by atoms with Crippen LogP contribution in [0, 0.1) is 12.7 Å². The predicted molar refractivity (Wildman–Crippen MR) is 82.6 cm³/mol. The zero-order chi connectivity index (χ0) is 15.2. The molecule has 0 radical (unpaired) electrons. The fourth-order valence-corrected chi connectivity index (χ4v) is 2.09. The maximum Gasteiger partial charge on any atom is 0.238 e. The Morgan fingerprint density at radius 2 is 1.81 bits per heavy atom. The second-order valence-electron chi connectivity index (χ2n) is 4.99. The van der Waals surface area contributed by atoms with Crippen LogP contribution in [0.15, 0.2) is 48.5 Å². The predicted octanol–water partition coefficient (Wildman–Crippen LogP) is 3.42. The van der Waals surface area contributed by atoms with Crippen LogP contribution in [-0.2, 0) is 4.79 Å². The Hall–Kier alpha value is -2.20. The standard InChI is InChI=1S/C17H19FN2O/c1-12-7-3-6-10-16(12)20-17(21)11-19-13(2)14-8-4-5-9-15(14)18/h3-10,13,19H,11H2,1-2H3,(H,20,21). The Labute approximate surface area is 124 Å². The smallest absolute Gasteiger partial charge is 0.238 e. The minimum atomic E-state index is -0.267. The molecule has 2 rings (SSSR count). The molecular weight excluding hydrogens is 267 g/mol. The van der Waals surface area contributed by atoms with Gasteiger partial charge in [-0.15, -0.1) is 0 Å². The molecule has 0 aliphatic carbocycles. The number of carbonyl (C=O) groups is 1. The molecule has 0 aliphatic rings. The van der Waals surface area contributed by atoms with Gasteiger partial charge in [0.2, 0.25) is 5.91 Å². The topological polar surface area (TPSA) is 41.1 Å². The Morgan fingerprint density at radius 3 is 2.52 bits per heavy atom. The normalized spacial score (nSPS) is 12.0. The lowest BCUT2D eigenvalue weighted by molar-refractivity contribution is -0.115. The number of carbonyl (C=O) groups excluding carboxylic acids is 1. The summed E-state index contributed by atoms with van der Waals surface area (Å²) in [6, 6.07) is 13.9. The van der Waals surface area contributed by atoms with E-state index < -0.39 is 0 Å². The maximum atomic E-state index is 13.6. The first-order valence-corrected chi connectivity index (χ1v) is 6.91. The van der Waals surface area contributed by atoms with Gasteiger partial charge in [-0.25, -0.2) is 4.39 Å². The molecule has 3 nitrogen and oxygen atoms in total. The molecule has 110 valence electrons. The van der Waals surface area contributed by atoms with E-state index in [1.165, 1.54) is 6.07 Å². The summed E-state index contributed by atoms with van der Waals surface area (Å²) in [5.41, 5.74) is 2.36. The number of halogens is 1. The van der Waals surface area contributed by atoms with Gasteiger partial charge in [-0.1, -0.05) is 36.4 Å². The van der Waals surface area contributed by atoms with Crippen molar-refractivity contribution < 1.29 is 9.18 Å². The van der Waals surface area contributed by atoms with Crippen molar-refractivity contribution in [3.63, 3.8) is 0 Å². The molecule has 4 heteroatoms. The number of amides is 1. The molecule has 2 N–H and O–H groups in total. The lowest BCUT2D eigenvalue weighted by Gasteiger charge is -2.15.